The number of ether oxygens (including phenoxy) is 1. The average Bonchev–Trinajstić information content (AvgIpc) is 2.62. The zero-order valence-electron chi connectivity index (χ0n) is 13.8. The van der Waals surface area contributed by atoms with E-state index in [2.05, 4.69) is 5.32 Å². The summed E-state index contributed by atoms with van der Waals surface area (Å²) in [5.41, 5.74) is 0.768. The first-order valence-corrected chi connectivity index (χ1v) is 8.32. The number of amides is 1. The predicted molar refractivity (Wildman–Crippen MR) is 95.6 cm³/mol. The molecule has 5 nitrogen and oxygen atoms in total. The third kappa shape index (κ3) is 6.29. The van der Waals surface area contributed by atoms with Gasteiger partial charge >= 0.3 is 5.97 Å². The summed E-state index contributed by atoms with van der Waals surface area (Å²) in [7, 11) is 0. The van der Waals surface area contributed by atoms with Crippen molar-refractivity contribution in [2.45, 2.75) is 19.3 Å². The van der Waals surface area contributed by atoms with Crippen LogP contribution in [0.5, 0.6) is 0 Å². The molecule has 0 saturated heterocycles. The molecular weight excluding hydrogens is 361 g/mol. The molecule has 0 saturated carbocycles. The number of hydrogen-bond donors (Lipinski definition) is 1. The third-order valence-electron chi connectivity index (χ3n) is 3.46. The maximum absolute atomic E-state index is 12.8. The highest BCUT2D eigenvalue weighted by Gasteiger charge is 2.11. The van der Waals surface area contributed by atoms with E-state index in [0.717, 1.165) is 12.1 Å². The Balaban J connectivity index is 1.67. The van der Waals surface area contributed by atoms with Gasteiger partial charge in [-0.3, -0.25) is 14.4 Å². The molecule has 0 bridgehead atoms. The molecule has 0 aromatic heterocycles. The Morgan fingerprint density at radius 1 is 1.00 bits per heavy atom. The van der Waals surface area contributed by atoms with E-state index in [1.165, 1.54) is 12.1 Å². The number of carbonyl (C=O) groups excluding carboxylic acids is 3. The average molecular weight is 378 g/mol. The minimum absolute atomic E-state index is 0.00659. The fraction of sp³-hybridized carbons (Fsp3) is 0.211. The summed E-state index contributed by atoms with van der Waals surface area (Å²) < 4.78 is 17.7. The van der Waals surface area contributed by atoms with E-state index in [9.17, 15) is 18.8 Å². The SMILES string of the molecule is O=C(CCCC(=O)OCC(=O)c1ccc(F)cc1)Nc1ccccc1Cl. The van der Waals surface area contributed by atoms with Crippen molar-refractivity contribution in [1.82, 2.24) is 0 Å². The molecular formula is C19H17ClFNO4. The smallest absolute Gasteiger partial charge is 0.306 e. The number of hydrogen-bond acceptors (Lipinski definition) is 4. The van der Waals surface area contributed by atoms with Crippen molar-refractivity contribution in [3.05, 3.63) is 64.9 Å². The van der Waals surface area contributed by atoms with Crippen LogP contribution in [0.1, 0.15) is 29.6 Å². The van der Waals surface area contributed by atoms with Gasteiger partial charge in [0.05, 0.1) is 10.7 Å². The minimum Gasteiger partial charge on any atom is -0.457 e. The number of para-hydroxylation sites is 1. The van der Waals surface area contributed by atoms with Crippen LogP contribution in [0.4, 0.5) is 10.1 Å². The molecule has 2 aromatic rings. The van der Waals surface area contributed by atoms with Gasteiger partial charge in [-0.2, -0.15) is 0 Å². The van der Waals surface area contributed by atoms with Crippen LogP contribution in [0.25, 0.3) is 0 Å². The van der Waals surface area contributed by atoms with Crippen molar-refractivity contribution in [1.29, 1.82) is 0 Å². The van der Waals surface area contributed by atoms with Crippen molar-refractivity contribution < 1.29 is 23.5 Å². The summed E-state index contributed by atoms with van der Waals surface area (Å²) in [6.45, 7) is -0.420. The zero-order chi connectivity index (χ0) is 18.9. The van der Waals surface area contributed by atoms with Crippen molar-refractivity contribution in [2.24, 2.45) is 0 Å². The molecule has 0 aliphatic rings. The van der Waals surface area contributed by atoms with Gasteiger partial charge in [0.25, 0.3) is 0 Å². The maximum Gasteiger partial charge on any atom is 0.306 e. The molecule has 0 aliphatic heterocycles. The molecule has 0 fully saturated rings. The van der Waals surface area contributed by atoms with Crippen molar-refractivity contribution >= 4 is 34.9 Å². The van der Waals surface area contributed by atoms with Crippen LogP contribution in [0, 0.1) is 5.82 Å². The van der Waals surface area contributed by atoms with E-state index in [0.29, 0.717) is 10.7 Å². The standard InChI is InChI=1S/C19H17ClFNO4/c20-15-4-1-2-5-16(15)22-18(24)6-3-7-19(25)26-12-17(23)13-8-10-14(21)11-9-13/h1-2,4-5,8-11H,3,6-7,12H2,(H,22,24). The first kappa shape index (κ1) is 19.6. The molecule has 7 heteroatoms. The number of ketones is 1. The summed E-state index contributed by atoms with van der Waals surface area (Å²) in [6.07, 6.45) is 0.402. The molecule has 26 heavy (non-hydrogen) atoms. The van der Waals surface area contributed by atoms with Crippen molar-refractivity contribution in [3.8, 4) is 0 Å². The summed E-state index contributed by atoms with van der Waals surface area (Å²) in [5, 5.41) is 3.08. The van der Waals surface area contributed by atoms with Gasteiger partial charge in [-0.1, -0.05) is 23.7 Å². The number of anilines is 1. The molecule has 0 aliphatic carbocycles. The van der Waals surface area contributed by atoms with Gasteiger partial charge in [0, 0.05) is 18.4 Å². The molecule has 0 radical (unpaired) electrons. The highest BCUT2D eigenvalue weighted by Crippen LogP contribution is 2.20. The molecule has 1 N–H and O–H groups in total. The Labute approximate surface area is 155 Å². The van der Waals surface area contributed by atoms with E-state index < -0.39 is 24.2 Å². The number of nitrogens with one attached hydrogen (secondary N) is 1. The number of benzene rings is 2. The number of halogens is 2. The number of rotatable bonds is 8. The fourth-order valence-corrected chi connectivity index (χ4v) is 2.29. The number of Topliss-reactive ketones (excluding diaryl/α,β-unsaturated/α-hetero) is 1. The highest BCUT2D eigenvalue weighted by molar-refractivity contribution is 6.33. The predicted octanol–water partition coefficient (Wildman–Crippen LogP) is 4.01. The van der Waals surface area contributed by atoms with Gasteiger partial charge in [-0.15, -0.1) is 0 Å². The van der Waals surface area contributed by atoms with Gasteiger partial charge < -0.3 is 10.1 Å². The first-order chi connectivity index (χ1) is 12.5. The number of esters is 1. The van der Waals surface area contributed by atoms with Crippen LogP contribution >= 0.6 is 11.6 Å². The van der Waals surface area contributed by atoms with Crippen LogP contribution in [0.15, 0.2) is 48.5 Å². The van der Waals surface area contributed by atoms with Gasteiger partial charge in [-0.05, 0) is 42.8 Å². The Bertz CT molecular complexity index is 792. The summed E-state index contributed by atoms with van der Waals surface area (Å²) in [5.74, 6) is -1.72. The molecule has 0 spiro atoms. The first-order valence-electron chi connectivity index (χ1n) is 7.94. The molecule has 0 unspecified atom stereocenters. The lowest BCUT2D eigenvalue weighted by atomic mass is 10.1. The van der Waals surface area contributed by atoms with E-state index in [1.807, 2.05) is 0 Å². The van der Waals surface area contributed by atoms with Crippen molar-refractivity contribution in [3.63, 3.8) is 0 Å². The van der Waals surface area contributed by atoms with E-state index in [-0.39, 0.29) is 30.7 Å². The molecule has 0 atom stereocenters. The van der Waals surface area contributed by atoms with E-state index in [1.54, 1.807) is 24.3 Å². The lowest BCUT2D eigenvalue weighted by Crippen LogP contribution is -2.15. The molecule has 2 aromatic carbocycles. The van der Waals surface area contributed by atoms with Crippen LogP contribution in [-0.4, -0.2) is 24.3 Å². The summed E-state index contributed by atoms with van der Waals surface area (Å²) in [6, 6.07) is 11.8. The summed E-state index contributed by atoms with van der Waals surface area (Å²) >= 11 is 5.94. The van der Waals surface area contributed by atoms with Crippen LogP contribution in [0.2, 0.25) is 5.02 Å². The molecule has 136 valence electrons. The van der Waals surface area contributed by atoms with Crippen LogP contribution < -0.4 is 5.32 Å². The lowest BCUT2D eigenvalue weighted by molar-refractivity contribution is -0.142. The molecule has 2 rings (SSSR count). The van der Waals surface area contributed by atoms with Crippen LogP contribution in [-0.2, 0) is 14.3 Å². The summed E-state index contributed by atoms with van der Waals surface area (Å²) in [4.78, 5) is 35.3. The van der Waals surface area contributed by atoms with Gasteiger partial charge in [0.15, 0.2) is 12.4 Å². The Morgan fingerprint density at radius 2 is 1.69 bits per heavy atom. The maximum atomic E-state index is 12.8. The zero-order valence-corrected chi connectivity index (χ0v) is 14.6. The van der Waals surface area contributed by atoms with Gasteiger partial charge in [-0.25, -0.2) is 4.39 Å². The molecule has 0 heterocycles. The topological polar surface area (TPSA) is 72.5 Å². The highest BCUT2D eigenvalue weighted by atomic mass is 35.5. The Morgan fingerprint density at radius 3 is 2.38 bits per heavy atom. The molecule has 1 amide bonds. The largest absolute Gasteiger partial charge is 0.457 e. The Kier molecular flexibility index (Phi) is 7.29. The Hall–Kier alpha value is -2.73. The van der Waals surface area contributed by atoms with Crippen molar-refractivity contribution in [2.75, 3.05) is 11.9 Å². The minimum atomic E-state index is -0.578. The number of carbonyl (C=O) groups is 3. The fourth-order valence-electron chi connectivity index (χ4n) is 2.11. The monoisotopic (exact) mass is 377 g/mol. The van der Waals surface area contributed by atoms with Gasteiger partial charge in [0.2, 0.25) is 5.91 Å². The lowest BCUT2D eigenvalue weighted by Gasteiger charge is -2.07. The van der Waals surface area contributed by atoms with Crippen LogP contribution in [0.3, 0.4) is 0 Å². The van der Waals surface area contributed by atoms with E-state index >= 15 is 0 Å². The second kappa shape index (κ2) is 9.68. The second-order valence-corrected chi connectivity index (χ2v) is 5.88. The third-order valence-corrected chi connectivity index (χ3v) is 3.79. The normalized spacial score (nSPS) is 10.2. The van der Waals surface area contributed by atoms with Gasteiger partial charge in [0.1, 0.15) is 5.82 Å². The van der Waals surface area contributed by atoms with E-state index in [4.69, 9.17) is 16.3 Å². The quantitative estimate of drug-likeness (QED) is 0.557. The second-order valence-electron chi connectivity index (χ2n) is 5.47.